The fourth-order valence-electron chi connectivity index (χ4n) is 2.11. The number of nitrogens with zero attached hydrogens (tertiary/aromatic N) is 1. The summed E-state index contributed by atoms with van der Waals surface area (Å²) in [4.78, 5) is 12.6. The van der Waals surface area contributed by atoms with Crippen molar-refractivity contribution in [2.45, 2.75) is 38.5 Å². The van der Waals surface area contributed by atoms with Crippen molar-refractivity contribution >= 4 is 23.5 Å². The van der Waals surface area contributed by atoms with Crippen LogP contribution in [0.5, 0.6) is 0 Å². The van der Waals surface area contributed by atoms with E-state index < -0.39 is 0 Å². The third-order valence-corrected chi connectivity index (χ3v) is 3.92. The Morgan fingerprint density at radius 3 is 3.00 bits per heavy atom. The number of hydrogen-bond acceptors (Lipinski definition) is 3. The standard InChI is InChI=1S/C13H18N2OS/c16-13(9-12-7-4-8-17-12)15-14-10-11-5-2-1-3-6-11/h4,7-8,10-11H,1-3,5-6,9H2,(H,15,16). The first kappa shape index (κ1) is 12.3. The Labute approximate surface area is 106 Å². The highest BCUT2D eigenvalue weighted by Gasteiger charge is 2.10. The molecule has 1 aliphatic rings. The van der Waals surface area contributed by atoms with E-state index in [0.717, 1.165) is 4.88 Å². The molecule has 0 radical (unpaired) electrons. The van der Waals surface area contributed by atoms with Gasteiger partial charge in [0.1, 0.15) is 0 Å². The number of hydrazone groups is 1. The smallest absolute Gasteiger partial charge is 0.245 e. The number of nitrogens with one attached hydrogen (secondary N) is 1. The Bertz CT molecular complexity index is 367. The topological polar surface area (TPSA) is 41.5 Å². The Morgan fingerprint density at radius 2 is 2.29 bits per heavy atom. The second-order valence-corrected chi connectivity index (χ2v) is 5.50. The zero-order valence-corrected chi connectivity index (χ0v) is 10.7. The zero-order chi connectivity index (χ0) is 11.9. The van der Waals surface area contributed by atoms with Gasteiger partial charge in [0.05, 0.1) is 6.42 Å². The Morgan fingerprint density at radius 1 is 1.47 bits per heavy atom. The molecule has 0 saturated heterocycles. The molecule has 3 nitrogen and oxygen atoms in total. The third-order valence-electron chi connectivity index (χ3n) is 3.04. The van der Waals surface area contributed by atoms with Crippen molar-refractivity contribution in [3.8, 4) is 0 Å². The summed E-state index contributed by atoms with van der Waals surface area (Å²) >= 11 is 1.60. The summed E-state index contributed by atoms with van der Waals surface area (Å²) in [6.07, 6.45) is 8.69. The van der Waals surface area contributed by atoms with Crippen molar-refractivity contribution in [1.82, 2.24) is 5.43 Å². The maximum absolute atomic E-state index is 11.5. The number of rotatable bonds is 4. The molecule has 1 saturated carbocycles. The third kappa shape index (κ3) is 4.30. The molecule has 1 heterocycles. The van der Waals surface area contributed by atoms with Gasteiger partial charge < -0.3 is 0 Å². The predicted octanol–water partition coefficient (Wildman–Crippen LogP) is 2.97. The number of thiophene rings is 1. The molecule has 2 rings (SSSR count). The van der Waals surface area contributed by atoms with Gasteiger partial charge in [-0.2, -0.15) is 5.10 Å². The number of amides is 1. The molecule has 1 N–H and O–H groups in total. The lowest BCUT2D eigenvalue weighted by Gasteiger charge is -2.16. The zero-order valence-electron chi connectivity index (χ0n) is 9.89. The van der Waals surface area contributed by atoms with Crippen LogP contribution in [0.2, 0.25) is 0 Å². The van der Waals surface area contributed by atoms with Crippen LogP contribution in [0.3, 0.4) is 0 Å². The number of carbonyl (C=O) groups is 1. The van der Waals surface area contributed by atoms with Crippen LogP contribution in [0.15, 0.2) is 22.6 Å². The lowest BCUT2D eigenvalue weighted by molar-refractivity contribution is -0.120. The van der Waals surface area contributed by atoms with Gasteiger partial charge in [-0.25, -0.2) is 5.43 Å². The average Bonchev–Trinajstić information content (AvgIpc) is 2.83. The van der Waals surface area contributed by atoms with E-state index in [4.69, 9.17) is 0 Å². The van der Waals surface area contributed by atoms with Crippen LogP contribution < -0.4 is 5.43 Å². The van der Waals surface area contributed by atoms with Gasteiger partial charge in [-0.1, -0.05) is 25.3 Å². The van der Waals surface area contributed by atoms with Gasteiger partial charge >= 0.3 is 0 Å². The van der Waals surface area contributed by atoms with Gasteiger partial charge in [-0.15, -0.1) is 11.3 Å². The molecule has 0 spiro atoms. The van der Waals surface area contributed by atoms with E-state index in [9.17, 15) is 4.79 Å². The van der Waals surface area contributed by atoms with Crippen molar-refractivity contribution in [3.05, 3.63) is 22.4 Å². The second kappa shape index (κ2) is 6.55. The summed E-state index contributed by atoms with van der Waals surface area (Å²) in [5.74, 6) is 0.533. The molecule has 17 heavy (non-hydrogen) atoms. The van der Waals surface area contributed by atoms with Crippen LogP contribution in [0.25, 0.3) is 0 Å². The molecule has 0 aromatic carbocycles. The molecule has 1 aromatic rings. The SMILES string of the molecule is O=C(Cc1cccs1)NN=CC1CCCCC1. The number of carbonyl (C=O) groups excluding carboxylic acids is 1. The average molecular weight is 250 g/mol. The molecule has 1 aromatic heterocycles. The summed E-state index contributed by atoms with van der Waals surface area (Å²) < 4.78 is 0. The van der Waals surface area contributed by atoms with Crippen LogP contribution in [0.4, 0.5) is 0 Å². The van der Waals surface area contributed by atoms with Crippen molar-refractivity contribution in [3.63, 3.8) is 0 Å². The highest BCUT2D eigenvalue weighted by Crippen LogP contribution is 2.21. The lowest BCUT2D eigenvalue weighted by Crippen LogP contribution is -2.20. The quantitative estimate of drug-likeness (QED) is 0.648. The molecular weight excluding hydrogens is 232 g/mol. The van der Waals surface area contributed by atoms with Crippen LogP contribution in [-0.2, 0) is 11.2 Å². The van der Waals surface area contributed by atoms with Gasteiger partial charge in [0.25, 0.3) is 0 Å². The minimum Gasteiger partial charge on any atom is -0.273 e. The molecule has 1 amide bonds. The number of hydrogen-bond donors (Lipinski definition) is 1. The predicted molar refractivity (Wildman–Crippen MR) is 71.2 cm³/mol. The summed E-state index contributed by atoms with van der Waals surface area (Å²) in [6, 6.07) is 3.92. The summed E-state index contributed by atoms with van der Waals surface area (Å²) in [6.45, 7) is 0. The van der Waals surface area contributed by atoms with Crippen LogP contribution in [-0.4, -0.2) is 12.1 Å². The van der Waals surface area contributed by atoms with E-state index in [1.165, 1.54) is 32.1 Å². The molecule has 0 atom stereocenters. The van der Waals surface area contributed by atoms with Crippen molar-refractivity contribution < 1.29 is 4.79 Å². The van der Waals surface area contributed by atoms with E-state index >= 15 is 0 Å². The summed E-state index contributed by atoms with van der Waals surface area (Å²) in [5.41, 5.74) is 2.61. The van der Waals surface area contributed by atoms with Crippen LogP contribution in [0.1, 0.15) is 37.0 Å². The molecule has 4 heteroatoms. The van der Waals surface area contributed by atoms with Crippen molar-refractivity contribution in [2.24, 2.45) is 11.0 Å². The Hall–Kier alpha value is -1.16. The Balaban J connectivity index is 1.70. The summed E-state index contributed by atoms with van der Waals surface area (Å²) in [5, 5.41) is 6.04. The van der Waals surface area contributed by atoms with E-state index in [1.54, 1.807) is 11.3 Å². The van der Waals surface area contributed by atoms with Gasteiger partial charge in [-0.3, -0.25) is 4.79 Å². The fourth-order valence-corrected chi connectivity index (χ4v) is 2.81. The van der Waals surface area contributed by atoms with E-state index in [1.807, 2.05) is 23.7 Å². The summed E-state index contributed by atoms with van der Waals surface area (Å²) in [7, 11) is 0. The molecule has 0 bridgehead atoms. The first-order valence-electron chi connectivity index (χ1n) is 6.19. The minimum absolute atomic E-state index is 0.0282. The van der Waals surface area contributed by atoms with Crippen molar-refractivity contribution in [2.75, 3.05) is 0 Å². The van der Waals surface area contributed by atoms with Gasteiger partial charge in [0, 0.05) is 11.1 Å². The lowest BCUT2D eigenvalue weighted by atomic mass is 9.90. The molecule has 92 valence electrons. The highest BCUT2D eigenvalue weighted by atomic mass is 32.1. The molecule has 1 fully saturated rings. The fraction of sp³-hybridized carbons (Fsp3) is 0.538. The maximum Gasteiger partial charge on any atom is 0.245 e. The van der Waals surface area contributed by atoms with Gasteiger partial charge in [-0.05, 0) is 30.2 Å². The maximum atomic E-state index is 11.5. The van der Waals surface area contributed by atoms with Crippen molar-refractivity contribution in [1.29, 1.82) is 0 Å². The first-order valence-corrected chi connectivity index (χ1v) is 7.07. The first-order chi connectivity index (χ1) is 8.34. The van der Waals surface area contributed by atoms with E-state index in [2.05, 4.69) is 10.5 Å². The molecular formula is C13H18N2OS. The highest BCUT2D eigenvalue weighted by molar-refractivity contribution is 7.10. The van der Waals surface area contributed by atoms with Gasteiger partial charge in [0.15, 0.2) is 0 Å². The van der Waals surface area contributed by atoms with E-state index in [0.29, 0.717) is 12.3 Å². The molecule has 0 aliphatic heterocycles. The molecule has 0 unspecified atom stereocenters. The van der Waals surface area contributed by atoms with Crippen LogP contribution in [0, 0.1) is 5.92 Å². The van der Waals surface area contributed by atoms with E-state index in [-0.39, 0.29) is 5.91 Å². The van der Waals surface area contributed by atoms with Crippen LogP contribution >= 0.6 is 11.3 Å². The molecule has 1 aliphatic carbocycles. The monoisotopic (exact) mass is 250 g/mol. The minimum atomic E-state index is -0.0282. The normalized spacial score (nSPS) is 17.4. The Kier molecular flexibility index (Phi) is 4.74. The largest absolute Gasteiger partial charge is 0.273 e. The van der Waals surface area contributed by atoms with Gasteiger partial charge in [0.2, 0.25) is 5.91 Å². The second-order valence-electron chi connectivity index (χ2n) is 4.47.